The fourth-order valence-corrected chi connectivity index (χ4v) is 4.27. The van der Waals surface area contributed by atoms with E-state index in [1.165, 1.54) is 10.6 Å². The summed E-state index contributed by atoms with van der Waals surface area (Å²) < 4.78 is 17.7. The molecule has 1 aliphatic rings. The zero-order valence-corrected chi connectivity index (χ0v) is 19.1. The number of aliphatic hydroxyl groups is 1. The quantitative estimate of drug-likeness (QED) is 0.428. The van der Waals surface area contributed by atoms with Crippen LogP contribution in [0.1, 0.15) is 31.3 Å². The van der Waals surface area contributed by atoms with Gasteiger partial charge in [0, 0.05) is 32.7 Å². The third-order valence-corrected chi connectivity index (χ3v) is 6.13. The van der Waals surface area contributed by atoms with Crippen LogP contribution in [0.25, 0.3) is 16.7 Å². The van der Waals surface area contributed by atoms with Gasteiger partial charge in [-0.1, -0.05) is 12.0 Å². The summed E-state index contributed by atoms with van der Waals surface area (Å²) in [4.78, 5) is 13.3. The van der Waals surface area contributed by atoms with Crippen LogP contribution in [0.2, 0.25) is 0 Å². The number of aromatic nitrogens is 6. The van der Waals surface area contributed by atoms with Gasteiger partial charge in [0.25, 0.3) is 0 Å². The second-order valence-corrected chi connectivity index (χ2v) is 8.34. The number of nitrogens with zero attached hydrogens (tertiary/aromatic N) is 8. The van der Waals surface area contributed by atoms with Crippen molar-refractivity contribution < 1.29 is 9.50 Å². The number of halogens is 1. The van der Waals surface area contributed by atoms with Gasteiger partial charge in [-0.15, -0.1) is 5.10 Å². The average molecular weight is 464 g/mol. The van der Waals surface area contributed by atoms with Gasteiger partial charge in [0.1, 0.15) is 5.82 Å². The third kappa shape index (κ3) is 4.02. The molecule has 0 amide bonds. The second-order valence-electron chi connectivity index (χ2n) is 8.34. The smallest absolute Gasteiger partial charge is 0.226 e. The molecule has 11 heteroatoms. The Bertz CT molecular complexity index is 1410. The zero-order valence-electron chi connectivity index (χ0n) is 19.1. The Morgan fingerprint density at radius 3 is 2.68 bits per heavy atom. The highest BCUT2D eigenvalue weighted by molar-refractivity contribution is 5.89. The number of fused-ring (bicyclic) bond motifs is 3. The first-order valence-electron chi connectivity index (χ1n) is 11.2. The number of benzene rings is 1. The van der Waals surface area contributed by atoms with E-state index in [2.05, 4.69) is 36.9 Å². The molecule has 1 aliphatic heterocycles. The van der Waals surface area contributed by atoms with Crippen LogP contribution in [0.4, 0.5) is 16.0 Å². The van der Waals surface area contributed by atoms with Crippen molar-refractivity contribution >= 4 is 28.3 Å². The van der Waals surface area contributed by atoms with Gasteiger partial charge in [-0.3, -0.25) is 4.90 Å². The van der Waals surface area contributed by atoms with Crippen LogP contribution < -0.4 is 10.6 Å². The minimum absolute atomic E-state index is 0.232. The lowest BCUT2D eigenvalue weighted by molar-refractivity contribution is 0.199. The van der Waals surface area contributed by atoms with Crippen LogP contribution in [0.5, 0.6) is 0 Å². The molecule has 1 aromatic carbocycles. The Kier molecular flexibility index (Phi) is 5.77. The molecule has 34 heavy (non-hydrogen) atoms. The van der Waals surface area contributed by atoms with Crippen molar-refractivity contribution in [3.63, 3.8) is 0 Å². The van der Waals surface area contributed by atoms with Gasteiger partial charge in [-0.05, 0) is 37.5 Å². The van der Waals surface area contributed by atoms with Crippen molar-refractivity contribution in [2.45, 2.75) is 26.5 Å². The lowest BCUT2D eigenvalue weighted by atomic mass is 10.1. The summed E-state index contributed by atoms with van der Waals surface area (Å²) in [5, 5.41) is 19.4. The number of anilines is 2. The molecule has 176 valence electrons. The predicted molar refractivity (Wildman–Crippen MR) is 127 cm³/mol. The summed E-state index contributed by atoms with van der Waals surface area (Å²) in [6.07, 6.45) is 1.10. The predicted octanol–water partition coefficient (Wildman–Crippen LogP) is 1.44. The van der Waals surface area contributed by atoms with Crippen molar-refractivity contribution in [1.29, 1.82) is 0 Å². The van der Waals surface area contributed by atoms with Crippen LogP contribution in [0, 0.1) is 17.7 Å². The van der Waals surface area contributed by atoms with Gasteiger partial charge in [-0.2, -0.15) is 19.6 Å². The molecule has 1 saturated heterocycles. The van der Waals surface area contributed by atoms with Gasteiger partial charge < -0.3 is 15.7 Å². The van der Waals surface area contributed by atoms with Crippen LogP contribution in [-0.2, 0) is 6.54 Å². The Labute approximate surface area is 195 Å². The molecule has 4 heterocycles. The summed E-state index contributed by atoms with van der Waals surface area (Å²) >= 11 is 0. The molecule has 10 nitrogen and oxygen atoms in total. The van der Waals surface area contributed by atoms with E-state index in [1.54, 1.807) is 32.2 Å². The highest BCUT2D eigenvalue weighted by atomic mass is 19.1. The van der Waals surface area contributed by atoms with Gasteiger partial charge in [-0.25, -0.2) is 9.07 Å². The monoisotopic (exact) mass is 463 g/mol. The van der Waals surface area contributed by atoms with E-state index >= 15 is 0 Å². The third-order valence-electron chi connectivity index (χ3n) is 6.13. The first-order valence-corrected chi connectivity index (χ1v) is 11.2. The largest absolute Gasteiger partial charge is 0.389 e. The molecule has 0 radical (unpaired) electrons. The van der Waals surface area contributed by atoms with Gasteiger partial charge in [0.05, 0.1) is 29.9 Å². The summed E-state index contributed by atoms with van der Waals surface area (Å²) in [5.74, 6) is 5.99. The maximum absolute atomic E-state index is 14.4. The fourth-order valence-electron chi connectivity index (χ4n) is 4.27. The van der Waals surface area contributed by atoms with Crippen LogP contribution >= 0.6 is 0 Å². The molecule has 0 spiro atoms. The van der Waals surface area contributed by atoms with E-state index in [-0.39, 0.29) is 11.8 Å². The standard InChI is InChI=1S/C23H26FN9O/c1-3-4-20-27-22-17-14-26-32(21(17)28-23(25)33(22)29-20)12-9-30-7-10-31(11-8-30)19-13-16(15(2)34)5-6-18(19)24/h5-6,13-15,34H,7-12H2,1-2H3,(H2,25,28). The topological polar surface area (TPSA) is 114 Å². The van der Waals surface area contributed by atoms with E-state index in [0.29, 0.717) is 48.0 Å². The minimum atomic E-state index is -0.627. The molecule has 0 saturated carbocycles. The maximum Gasteiger partial charge on any atom is 0.226 e. The van der Waals surface area contributed by atoms with Crippen LogP contribution in [0.3, 0.4) is 0 Å². The van der Waals surface area contributed by atoms with Crippen molar-refractivity contribution in [1.82, 2.24) is 34.3 Å². The Hall–Kier alpha value is -3.75. The molecule has 1 atom stereocenters. The van der Waals surface area contributed by atoms with E-state index in [9.17, 15) is 9.50 Å². The number of piperazine rings is 1. The van der Waals surface area contributed by atoms with Gasteiger partial charge in [0.15, 0.2) is 11.3 Å². The number of rotatable bonds is 5. The molecular formula is C23H26FN9O. The summed E-state index contributed by atoms with van der Waals surface area (Å²) in [7, 11) is 0. The number of hydrogen-bond donors (Lipinski definition) is 2. The van der Waals surface area contributed by atoms with Crippen molar-refractivity contribution in [3.05, 3.63) is 41.6 Å². The van der Waals surface area contributed by atoms with E-state index < -0.39 is 6.10 Å². The van der Waals surface area contributed by atoms with E-state index in [1.807, 2.05) is 9.58 Å². The van der Waals surface area contributed by atoms with E-state index in [0.717, 1.165) is 25.0 Å². The second kappa shape index (κ2) is 8.89. The van der Waals surface area contributed by atoms with Gasteiger partial charge in [0.2, 0.25) is 11.8 Å². The molecular weight excluding hydrogens is 437 g/mol. The molecule has 5 rings (SSSR count). The van der Waals surface area contributed by atoms with E-state index in [4.69, 9.17) is 5.73 Å². The Balaban J connectivity index is 1.27. The van der Waals surface area contributed by atoms with Crippen molar-refractivity contribution in [2.75, 3.05) is 43.4 Å². The van der Waals surface area contributed by atoms with Crippen molar-refractivity contribution in [3.8, 4) is 11.8 Å². The van der Waals surface area contributed by atoms with Crippen molar-refractivity contribution in [2.24, 2.45) is 0 Å². The lowest BCUT2D eigenvalue weighted by Gasteiger charge is -2.36. The minimum Gasteiger partial charge on any atom is -0.389 e. The highest BCUT2D eigenvalue weighted by Gasteiger charge is 2.21. The Morgan fingerprint density at radius 1 is 1.15 bits per heavy atom. The maximum atomic E-state index is 14.4. The lowest BCUT2D eigenvalue weighted by Crippen LogP contribution is -2.47. The summed E-state index contributed by atoms with van der Waals surface area (Å²) in [6, 6.07) is 4.79. The summed E-state index contributed by atoms with van der Waals surface area (Å²) in [5.41, 5.74) is 8.61. The molecule has 1 unspecified atom stereocenters. The normalized spacial score (nSPS) is 15.6. The highest BCUT2D eigenvalue weighted by Crippen LogP contribution is 2.25. The summed E-state index contributed by atoms with van der Waals surface area (Å²) in [6.45, 7) is 7.80. The zero-order chi connectivity index (χ0) is 23.8. The van der Waals surface area contributed by atoms with Crippen LogP contribution in [-0.4, -0.2) is 72.1 Å². The molecule has 0 aliphatic carbocycles. The van der Waals surface area contributed by atoms with Crippen LogP contribution in [0.15, 0.2) is 24.4 Å². The molecule has 1 fully saturated rings. The number of nitrogens with two attached hydrogens (primary N) is 1. The Morgan fingerprint density at radius 2 is 1.94 bits per heavy atom. The average Bonchev–Trinajstić information content (AvgIpc) is 3.43. The number of hydrogen-bond acceptors (Lipinski definition) is 8. The fraction of sp³-hybridized carbons (Fsp3) is 0.391. The number of aliphatic hydroxyl groups excluding tert-OH is 1. The molecule has 4 aromatic rings. The molecule has 3 N–H and O–H groups in total. The first-order chi connectivity index (χ1) is 16.4. The van der Waals surface area contributed by atoms with Gasteiger partial charge >= 0.3 is 0 Å². The SMILES string of the molecule is CC#Cc1nc2c3cnn(CCN4CCN(c5cc(C(C)O)ccc5F)CC4)c3nc(N)n2n1. The number of nitrogen functional groups attached to an aromatic ring is 1. The molecule has 0 bridgehead atoms. The first kappa shape index (κ1) is 22.1. The molecule has 3 aromatic heterocycles.